The van der Waals surface area contributed by atoms with Crippen LogP contribution >= 0.6 is 0 Å². The van der Waals surface area contributed by atoms with E-state index < -0.39 is 12.9 Å². The first kappa shape index (κ1) is 9.51. The average molecular weight is 150 g/mol. The van der Waals surface area contributed by atoms with E-state index in [9.17, 15) is 4.79 Å². The lowest BCUT2D eigenvalue weighted by molar-refractivity contribution is -0.149. The Morgan fingerprint density at radius 3 is 2.60 bits per heavy atom. The zero-order valence-electron chi connectivity index (χ0n) is 5.40. The maximum Gasteiger partial charge on any atom is 0.151 e. The lowest BCUT2D eigenvalue weighted by atomic mass is 10.4. The number of aliphatic hydroxyl groups excluding tert-OH is 2. The molecule has 60 valence electrons. The summed E-state index contributed by atoms with van der Waals surface area (Å²) in [4.78, 5) is 9.93. The third kappa shape index (κ3) is 4.39. The van der Waals surface area contributed by atoms with Gasteiger partial charge >= 0.3 is 0 Å². The quantitative estimate of drug-likeness (QED) is 0.273. The molecular formula is C5H10O5. The molecule has 0 aromatic carbocycles. The van der Waals surface area contributed by atoms with E-state index in [-0.39, 0.29) is 13.4 Å². The first-order chi connectivity index (χ1) is 4.85. The number of hydrogen-bond donors (Lipinski definition) is 2. The highest BCUT2D eigenvalue weighted by Crippen LogP contribution is 1.85. The molecule has 5 nitrogen and oxygen atoms in total. The summed E-state index contributed by atoms with van der Waals surface area (Å²) in [6.45, 7) is -1.03. The molecule has 1 atom stereocenters. The van der Waals surface area contributed by atoms with Crippen LogP contribution < -0.4 is 0 Å². The van der Waals surface area contributed by atoms with Crippen molar-refractivity contribution in [3.05, 3.63) is 0 Å². The number of rotatable bonds is 6. The first-order valence-corrected chi connectivity index (χ1v) is 2.71. The van der Waals surface area contributed by atoms with Gasteiger partial charge in [0.1, 0.15) is 12.9 Å². The maximum absolute atomic E-state index is 9.93. The van der Waals surface area contributed by atoms with Gasteiger partial charge < -0.3 is 24.5 Å². The van der Waals surface area contributed by atoms with Gasteiger partial charge in [0.25, 0.3) is 0 Å². The van der Waals surface area contributed by atoms with Crippen LogP contribution in [0.1, 0.15) is 0 Å². The molecule has 0 saturated heterocycles. The van der Waals surface area contributed by atoms with E-state index in [1.165, 1.54) is 0 Å². The van der Waals surface area contributed by atoms with Gasteiger partial charge in [-0.3, -0.25) is 0 Å². The van der Waals surface area contributed by atoms with Crippen molar-refractivity contribution in [1.82, 2.24) is 0 Å². The molecule has 0 amide bonds. The van der Waals surface area contributed by atoms with Crippen LogP contribution in [0.2, 0.25) is 0 Å². The molecule has 5 heteroatoms. The van der Waals surface area contributed by atoms with Gasteiger partial charge in [-0.25, -0.2) is 0 Å². The second-order valence-corrected chi connectivity index (χ2v) is 1.47. The minimum Gasteiger partial charge on any atom is -0.393 e. The second kappa shape index (κ2) is 6.63. The smallest absolute Gasteiger partial charge is 0.151 e. The molecule has 0 aliphatic heterocycles. The highest BCUT2D eigenvalue weighted by atomic mass is 16.7. The molecule has 0 aromatic rings. The lowest BCUT2D eigenvalue weighted by Crippen LogP contribution is -2.20. The fourth-order valence-electron chi connectivity index (χ4n) is 0.308. The minimum absolute atomic E-state index is 0.194. The zero-order valence-corrected chi connectivity index (χ0v) is 5.40. The molecule has 0 spiro atoms. The summed E-state index contributed by atoms with van der Waals surface area (Å²) in [5, 5.41) is 16.4. The topological polar surface area (TPSA) is 76.0 Å². The van der Waals surface area contributed by atoms with Crippen LogP contribution in [0.3, 0.4) is 0 Å². The van der Waals surface area contributed by atoms with Crippen LogP contribution in [0.15, 0.2) is 0 Å². The third-order valence-electron chi connectivity index (χ3n) is 0.788. The van der Waals surface area contributed by atoms with Gasteiger partial charge in [0.2, 0.25) is 0 Å². The van der Waals surface area contributed by atoms with Crippen molar-refractivity contribution in [3.63, 3.8) is 0 Å². The summed E-state index contributed by atoms with van der Waals surface area (Å²) in [5.41, 5.74) is 0. The van der Waals surface area contributed by atoms with Crippen molar-refractivity contribution >= 4 is 6.29 Å². The molecule has 2 N–H and O–H groups in total. The fraction of sp³-hybridized carbons (Fsp3) is 0.800. The van der Waals surface area contributed by atoms with Crippen molar-refractivity contribution in [2.24, 2.45) is 0 Å². The third-order valence-corrected chi connectivity index (χ3v) is 0.788. The second-order valence-electron chi connectivity index (χ2n) is 1.47. The van der Waals surface area contributed by atoms with Crippen LogP contribution in [0, 0.1) is 0 Å². The van der Waals surface area contributed by atoms with E-state index in [0.29, 0.717) is 6.29 Å². The standard InChI is InChI=1S/C5H10O5/c6-1-5(2-7)10-4-9-3-8/h1,5,7-8H,2-4H2. The van der Waals surface area contributed by atoms with Crippen molar-refractivity contribution in [2.75, 3.05) is 20.2 Å². The van der Waals surface area contributed by atoms with E-state index in [0.717, 1.165) is 0 Å². The van der Waals surface area contributed by atoms with Crippen LogP contribution in [-0.2, 0) is 14.3 Å². The van der Waals surface area contributed by atoms with Gasteiger partial charge in [-0.1, -0.05) is 0 Å². The largest absolute Gasteiger partial charge is 0.393 e. The Balaban J connectivity index is 3.17. The van der Waals surface area contributed by atoms with Crippen molar-refractivity contribution in [1.29, 1.82) is 0 Å². The highest BCUT2D eigenvalue weighted by Gasteiger charge is 2.03. The van der Waals surface area contributed by atoms with Gasteiger partial charge in [-0.15, -0.1) is 0 Å². The van der Waals surface area contributed by atoms with E-state index in [1.807, 2.05) is 0 Å². The number of aldehydes is 1. The summed E-state index contributed by atoms with van der Waals surface area (Å²) in [6.07, 6.45) is -0.396. The zero-order chi connectivity index (χ0) is 7.82. The van der Waals surface area contributed by atoms with Crippen LogP contribution in [-0.4, -0.2) is 42.8 Å². The molecule has 0 bridgehead atoms. The molecule has 1 unspecified atom stereocenters. The fourth-order valence-corrected chi connectivity index (χ4v) is 0.308. The number of aliphatic hydroxyl groups is 2. The van der Waals surface area contributed by atoms with Crippen LogP contribution in [0.5, 0.6) is 0 Å². The summed E-state index contributed by atoms with van der Waals surface area (Å²) < 4.78 is 8.91. The maximum atomic E-state index is 9.93. The van der Waals surface area contributed by atoms with Crippen molar-refractivity contribution in [2.45, 2.75) is 6.10 Å². The van der Waals surface area contributed by atoms with E-state index in [2.05, 4.69) is 9.47 Å². The predicted molar refractivity (Wildman–Crippen MR) is 31.1 cm³/mol. The molecule has 0 rings (SSSR count). The summed E-state index contributed by atoms with van der Waals surface area (Å²) >= 11 is 0. The van der Waals surface area contributed by atoms with E-state index in [4.69, 9.17) is 10.2 Å². The number of carbonyl (C=O) groups excluding carboxylic acids is 1. The Labute approximate surface area is 58.2 Å². The lowest BCUT2D eigenvalue weighted by Gasteiger charge is -2.06. The van der Waals surface area contributed by atoms with Crippen molar-refractivity contribution in [3.8, 4) is 0 Å². The van der Waals surface area contributed by atoms with Crippen molar-refractivity contribution < 1.29 is 24.5 Å². The average Bonchev–Trinajstić information content (AvgIpc) is 1.99. The van der Waals surface area contributed by atoms with Crippen LogP contribution in [0.4, 0.5) is 0 Å². The predicted octanol–water partition coefficient (Wildman–Crippen LogP) is -1.51. The van der Waals surface area contributed by atoms with Gasteiger partial charge in [0.05, 0.1) is 6.61 Å². The number of ether oxygens (including phenoxy) is 2. The Morgan fingerprint density at radius 1 is 1.50 bits per heavy atom. The summed E-state index contributed by atoms with van der Waals surface area (Å²) in [6, 6.07) is 0. The molecule has 0 fully saturated rings. The molecule has 10 heavy (non-hydrogen) atoms. The monoisotopic (exact) mass is 150 g/mol. The normalized spacial score (nSPS) is 13.0. The Morgan fingerprint density at radius 2 is 2.20 bits per heavy atom. The molecule has 0 radical (unpaired) electrons. The summed E-state index contributed by atoms with van der Waals surface area (Å²) in [7, 11) is 0. The molecular weight excluding hydrogens is 140 g/mol. The Kier molecular flexibility index (Phi) is 6.30. The van der Waals surface area contributed by atoms with Gasteiger partial charge in [0.15, 0.2) is 13.1 Å². The molecule has 0 saturated carbocycles. The Bertz CT molecular complexity index is 84.1. The highest BCUT2D eigenvalue weighted by molar-refractivity contribution is 5.55. The molecule has 0 aliphatic rings. The molecule has 0 aromatic heterocycles. The Hall–Kier alpha value is -0.490. The number of carbonyl (C=O) groups is 1. The minimum atomic E-state index is -0.855. The van der Waals surface area contributed by atoms with Gasteiger partial charge in [-0.05, 0) is 0 Å². The molecule has 0 heterocycles. The van der Waals surface area contributed by atoms with Crippen LogP contribution in [0.25, 0.3) is 0 Å². The van der Waals surface area contributed by atoms with E-state index in [1.54, 1.807) is 0 Å². The van der Waals surface area contributed by atoms with Gasteiger partial charge in [0, 0.05) is 0 Å². The van der Waals surface area contributed by atoms with E-state index >= 15 is 0 Å². The van der Waals surface area contributed by atoms with Gasteiger partial charge in [-0.2, -0.15) is 0 Å². The number of hydrogen-bond acceptors (Lipinski definition) is 5. The first-order valence-electron chi connectivity index (χ1n) is 2.71. The molecule has 0 aliphatic carbocycles. The SMILES string of the molecule is O=CC(CO)OCOCO. The summed E-state index contributed by atoms with van der Waals surface area (Å²) in [5.74, 6) is 0.